The van der Waals surface area contributed by atoms with Gasteiger partial charge in [-0.2, -0.15) is 0 Å². The Kier molecular flexibility index (Phi) is 51.4. The first-order valence-corrected chi connectivity index (χ1v) is 39.5. The summed E-state index contributed by atoms with van der Waals surface area (Å²) in [6.45, 7) is 48.0. The van der Waals surface area contributed by atoms with Gasteiger partial charge in [0.25, 0.3) is 0 Å². The summed E-state index contributed by atoms with van der Waals surface area (Å²) in [6.07, 6.45) is 10.9. The molecule has 630 valence electrons. The van der Waals surface area contributed by atoms with Gasteiger partial charge in [0, 0.05) is 123 Å². The molecule has 0 spiro atoms. The van der Waals surface area contributed by atoms with E-state index in [0.717, 1.165) is 35.5 Å². The molecule has 0 aromatic carbocycles. The van der Waals surface area contributed by atoms with Gasteiger partial charge in [0.2, 0.25) is 0 Å². The maximum Gasteiger partial charge on any atom is 0.417 e. The number of hydrogen-bond acceptors (Lipinski definition) is 18. The third kappa shape index (κ3) is 47.5. The van der Waals surface area contributed by atoms with Crippen LogP contribution in [0.4, 0.5) is 38.4 Å². The number of urea groups is 6. The van der Waals surface area contributed by atoms with E-state index in [1.807, 2.05) is 83.1 Å². The summed E-state index contributed by atoms with van der Waals surface area (Å²) < 4.78 is 32.1. The molecule has 14 amide bonds. The predicted octanol–water partition coefficient (Wildman–Crippen LogP) is 13.6. The zero-order chi connectivity index (χ0) is 83.5. The number of nitrogens with zero attached hydrogens (tertiary/aromatic N) is 6. The van der Waals surface area contributed by atoms with Crippen LogP contribution in [0.1, 0.15) is 252 Å². The standard InChI is InChI=1S/C80H142N12O18/c1-61(2)65(93)105-57-39-51-89(77(9,10)11)71(99)83-45-31-23-21-29-43-81-69(97)87(49-35-27-25-33-47-85-73(101)91(79(15,16)17)53-41-59-107-67(95)63(5)6)75(103)109-55-37-38-56-110-76(104)88(50-36-28-26-34-48-86-74(102)92(80(18,19)20)54-42-60-108-68(96)64(7)8)70(98)82-44-30-22-24-32-46-84-72(100)90(78(12,13)14)52-40-58-106-66(94)62(3)4/h1,3,5,7,21-60H2,2,4,6,8-20H3,(H,81,97)(H,82,98)(H,83,99)(H,84,100)(H,85,101)(H,86,102). The van der Waals surface area contributed by atoms with Gasteiger partial charge in [-0.25, -0.2) is 67.3 Å². The Morgan fingerprint density at radius 2 is 0.418 bits per heavy atom. The van der Waals surface area contributed by atoms with Crippen molar-refractivity contribution in [2.75, 3.05) is 118 Å². The second-order valence-corrected chi connectivity index (χ2v) is 31.7. The number of rotatable bonds is 53. The molecule has 0 aliphatic carbocycles. The molecule has 0 fully saturated rings. The number of nitrogens with one attached hydrogen (secondary N) is 6. The highest BCUT2D eigenvalue weighted by Crippen LogP contribution is 2.20. The molecule has 0 unspecified atom stereocenters. The van der Waals surface area contributed by atoms with Crippen LogP contribution in [0.25, 0.3) is 0 Å². The summed E-state index contributed by atoms with van der Waals surface area (Å²) in [7, 11) is 0. The number of hydrogen-bond donors (Lipinski definition) is 6. The second-order valence-electron chi connectivity index (χ2n) is 31.7. The molecule has 0 radical (unpaired) electrons. The third-order valence-corrected chi connectivity index (χ3v) is 17.1. The summed E-state index contributed by atoms with van der Waals surface area (Å²) in [5.41, 5.74) is -0.755. The van der Waals surface area contributed by atoms with Crippen LogP contribution in [-0.2, 0) is 47.6 Å². The minimum Gasteiger partial charge on any atom is -0.462 e. The van der Waals surface area contributed by atoms with Crippen molar-refractivity contribution in [1.29, 1.82) is 0 Å². The molecule has 0 heterocycles. The van der Waals surface area contributed by atoms with Crippen molar-refractivity contribution >= 4 is 72.3 Å². The molecule has 6 N–H and O–H groups in total. The van der Waals surface area contributed by atoms with E-state index >= 15 is 0 Å². The Morgan fingerprint density at radius 1 is 0.236 bits per heavy atom. The van der Waals surface area contributed by atoms with E-state index in [4.69, 9.17) is 28.4 Å². The number of esters is 4. The molecule has 0 saturated heterocycles. The maximum atomic E-state index is 13.7. The highest BCUT2D eigenvalue weighted by Gasteiger charge is 2.31. The van der Waals surface area contributed by atoms with Crippen molar-refractivity contribution in [3.05, 3.63) is 48.6 Å². The van der Waals surface area contributed by atoms with Crippen molar-refractivity contribution in [3.63, 3.8) is 0 Å². The van der Waals surface area contributed by atoms with E-state index < -0.39 is 70.3 Å². The second kappa shape index (κ2) is 55.7. The fourth-order valence-corrected chi connectivity index (χ4v) is 10.7. The van der Waals surface area contributed by atoms with Gasteiger partial charge in [0.1, 0.15) is 0 Å². The van der Waals surface area contributed by atoms with Gasteiger partial charge < -0.3 is 79.9 Å². The van der Waals surface area contributed by atoms with Gasteiger partial charge in [-0.05, 0) is 201 Å². The van der Waals surface area contributed by atoms with E-state index in [0.29, 0.717) is 177 Å². The normalized spacial score (nSPS) is 11.3. The predicted molar refractivity (Wildman–Crippen MR) is 427 cm³/mol. The zero-order valence-corrected chi connectivity index (χ0v) is 70.1. The molecule has 0 saturated carbocycles. The first-order chi connectivity index (χ1) is 51.6. The van der Waals surface area contributed by atoms with Crippen LogP contribution in [0.2, 0.25) is 0 Å². The average Bonchev–Trinajstić information content (AvgIpc) is 0.885. The molecular formula is C80H142N12O18. The Labute approximate surface area is 657 Å². The lowest BCUT2D eigenvalue weighted by Crippen LogP contribution is -2.51. The van der Waals surface area contributed by atoms with Crippen LogP contribution in [0.5, 0.6) is 0 Å². The van der Waals surface area contributed by atoms with Gasteiger partial charge in [0.15, 0.2) is 0 Å². The number of amides is 14. The fourth-order valence-electron chi connectivity index (χ4n) is 10.7. The molecular weight excluding hydrogens is 1420 g/mol. The number of ether oxygens (including phenoxy) is 6. The lowest BCUT2D eigenvalue weighted by molar-refractivity contribution is -0.140. The molecule has 0 aliphatic rings. The lowest BCUT2D eigenvalue weighted by Gasteiger charge is -2.35. The lowest BCUT2D eigenvalue weighted by atomic mass is 10.1. The third-order valence-electron chi connectivity index (χ3n) is 17.1. The van der Waals surface area contributed by atoms with Crippen LogP contribution in [-0.4, -0.2) is 242 Å². The van der Waals surface area contributed by atoms with E-state index in [2.05, 4.69) is 58.2 Å². The van der Waals surface area contributed by atoms with Gasteiger partial charge in [-0.3, -0.25) is 0 Å². The van der Waals surface area contributed by atoms with Gasteiger partial charge in [-0.15, -0.1) is 0 Å². The molecule has 30 heteroatoms. The van der Waals surface area contributed by atoms with Crippen molar-refractivity contribution < 1.29 is 86.0 Å². The zero-order valence-electron chi connectivity index (χ0n) is 70.1. The van der Waals surface area contributed by atoms with Crippen LogP contribution < -0.4 is 31.9 Å². The smallest absolute Gasteiger partial charge is 0.417 e. The summed E-state index contributed by atoms with van der Waals surface area (Å²) in [5.74, 6) is -1.92. The molecule has 0 rings (SSSR count). The van der Waals surface area contributed by atoms with Gasteiger partial charge >= 0.3 is 72.3 Å². The number of carbonyl (C=O) groups is 12. The first-order valence-electron chi connectivity index (χ1n) is 39.5. The van der Waals surface area contributed by atoms with Crippen LogP contribution in [0, 0.1) is 0 Å². The van der Waals surface area contributed by atoms with Gasteiger partial charge in [-0.1, -0.05) is 77.7 Å². The van der Waals surface area contributed by atoms with E-state index in [-0.39, 0.29) is 103 Å². The van der Waals surface area contributed by atoms with Crippen molar-refractivity contribution in [3.8, 4) is 0 Å². The molecule has 0 aliphatic heterocycles. The summed E-state index contributed by atoms with van der Waals surface area (Å²) in [6, 6.07) is -2.21. The monoisotopic (exact) mass is 1560 g/mol. The molecule has 0 atom stereocenters. The van der Waals surface area contributed by atoms with Gasteiger partial charge in [0.05, 0.1) is 39.6 Å². The van der Waals surface area contributed by atoms with Crippen molar-refractivity contribution in [1.82, 2.24) is 61.3 Å². The highest BCUT2D eigenvalue weighted by atomic mass is 16.6. The van der Waals surface area contributed by atoms with Crippen molar-refractivity contribution in [2.24, 2.45) is 0 Å². The largest absolute Gasteiger partial charge is 0.462 e. The number of carbonyl (C=O) groups excluding carboxylic acids is 12. The first kappa shape index (κ1) is 101. The van der Waals surface area contributed by atoms with E-state index in [1.54, 1.807) is 47.3 Å². The Morgan fingerprint density at radius 3 is 0.609 bits per heavy atom. The van der Waals surface area contributed by atoms with Crippen LogP contribution in [0.15, 0.2) is 48.6 Å². The maximum absolute atomic E-state index is 13.7. The quantitative estimate of drug-likeness (QED) is 0.0143. The molecule has 0 aromatic rings. The Bertz CT molecular complexity index is 2710. The topological polar surface area (TPSA) is 352 Å². The minimum atomic E-state index is -0.854. The SMILES string of the molecule is C=C(C)C(=O)OCCCN(C(=O)NCCCCCCNC(=O)N(CCCCCCNC(=O)N(CCCOC(=O)C(=C)C)C(C)(C)C)C(=O)OCCCCOC(=O)N(CCCCCCNC(=O)N(CCCOC(=O)C(=C)C)C(C)(C)C)C(=O)NCCCCCCNC(=O)N(CCCOC(=O)C(=C)C)C(C)(C)C)C(C)(C)C. The molecule has 0 bridgehead atoms. The van der Waals surface area contributed by atoms with Crippen molar-refractivity contribution in [2.45, 2.75) is 274 Å². The molecule has 0 aromatic heterocycles. The number of imide groups is 2. The van der Waals surface area contributed by atoms with Crippen LogP contribution in [0.3, 0.4) is 0 Å². The molecule has 30 nitrogen and oxygen atoms in total. The Hall–Kier alpha value is -8.60. The summed E-state index contributed by atoms with van der Waals surface area (Å²) in [5, 5.41) is 17.6. The van der Waals surface area contributed by atoms with E-state index in [9.17, 15) is 57.5 Å². The molecule has 110 heavy (non-hydrogen) atoms. The number of unbranched alkanes of at least 4 members (excludes halogenated alkanes) is 13. The van der Waals surface area contributed by atoms with Crippen LogP contribution >= 0.6 is 0 Å². The average molecular weight is 1560 g/mol. The fraction of sp³-hybridized carbons (Fsp3) is 0.750. The minimum absolute atomic E-state index is 0.0501. The summed E-state index contributed by atoms with van der Waals surface area (Å²) >= 11 is 0. The Balaban J connectivity index is 5.91. The highest BCUT2D eigenvalue weighted by molar-refractivity contribution is 5.92. The van der Waals surface area contributed by atoms with E-state index in [1.165, 1.54) is 0 Å². The summed E-state index contributed by atoms with van der Waals surface area (Å²) in [4.78, 5) is 164.